The van der Waals surface area contributed by atoms with Crippen molar-refractivity contribution in [1.82, 2.24) is 15.1 Å². The summed E-state index contributed by atoms with van der Waals surface area (Å²) < 4.78 is 4.88. The fourth-order valence-corrected chi connectivity index (χ4v) is 2.07. The number of likely N-dealkylation sites (tertiary alicyclic amines) is 1. The molecule has 1 fully saturated rings. The second-order valence-corrected chi connectivity index (χ2v) is 4.43. The molecule has 1 aliphatic heterocycles. The molecule has 0 saturated carbocycles. The van der Waals surface area contributed by atoms with Crippen molar-refractivity contribution < 1.29 is 14.3 Å². The van der Waals surface area contributed by atoms with Crippen molar-refractivity contribution in [3.05, 3.63) is 17.8 Å². The lowest BCUT2D eigenvalue weighted by Crippen LogP contribution is -2.42. The van der Waals surface area contributed by atoms with Gasteiger partial charge in [0.2, 0.25) is 11.8 Å². The zero-order valence-electron chi connectivity index (χ0n) is 10.7. The Balaban J connectivity index is 1.98. The summed E-state index contributed by atoms with van der Waals surface area (Å²) in [5, 5.41) is 7.58. The Kier molecular flexibility index (Phi) is 3.94. The van der Waals surface area contributed by atoms with Crippen LogP contribution in [0.2, 0.25) is 0 Å². The number of hydrogen-bond acceptors (Lipinski definition) is 5. The lowest BCUT2D eigenvalue weighted by Gasteiger charge is -2.30. The molecule has 0 bridgehead atoms. The Morgan fingerprint density at radius 2 is 2.00 bits per heavy atom. The predicted molar refractivity (Wildman–Crippen MR) is 66.4 cm³/mol. The van der Waals surface area contributed by atoms with Crippen LogP contribution in [0, 0.1) is 5.92 Å². The van der Waals surface area contributed by atoms with Crippen LogP contribution >= 0.6 is 0 Å². The highest BCUT2D eigenvalue weighted by Crippen LogP contribution is 2.18. The minimum Gasteiger partial charge on any atom is -0.480 e. The van der Waals surface area contributed by atoms with E-state index in [9.17, 15) is 9.59 Å². The second kappa shape index (κ2) is 5.64. The molecule has 2 N–H and O–H groups in total. The van der Waals surface area contributed by atoms with Gasteiger partial charge in [-0.2, -0.15) is 0 Å². The summed E-state index contributed by atoms with van der Waals surface area (Å²) in [4.78, 5) is 24.9. The van der Waals surface area contributed by atoms with Gasteiger partial charge in [0.1, 0.15) is 0 Å². The number of aromatic nitrogens is 2. The van der Waals surface area contributed by atoms with Gasteiger partial charge < -0.3 is 15.4 Å². The third-order valence-electron chi connectivity index (χ3n) is 3.25. The highest BCUT2D eigenvalue weighted by Gasteiger charge is 2.27. The Morgan fingerprint density at radius 3 is 2.47 bits per heavy atom. The molecule has 2 heterocycles. The van der Waals surface area contributed by atoms with Gasteiger partial charge in [0.25, 0.3) is 5.91 Å². The van der Waals surface area contributed by atoms with Crippen LogP contribution in [0.4, 0.5) is 0 Å². The van der Waals surface area contributed by atoms with E-state index < -0.39 is 0 Å². The standard InChI is InChI=1S/C12H16N4O3/c1-19-10-3-2-9(14-15-10)12(18)16-6-4-8(5-7-16)11(13)17/h2-3,8H,4-7H2,1H3,(H2,13,17). The van der Waals surface area contributed by atoms with E-state index in [1.807, 2.05) is 0 Å². The van der Waals surface area contributed by atoms with Crippen molar-refractivity contribution in [2.24, 2.45) is 11.7 Å². The molecule has 2 amide bonds. The van der Waals surface area contributed by atoms with E-state index >= 15 is 0 Å². The average molecular weight is 264 g/mol. The predicted octanol–water partition coefficient (Wildman–Crippen LogP) is -0.177. The largest absolute Gasteiger partial charge is 0.480 e. The van der Waals surface area contributed by atoms with Gasteiger partial charge in [-0.15, -0.1) is 10.2 Å². The third-order valence-corrected chi connectivity index (χ3v) is 3.25. The second-order valence-electron chi connectivity index (χ2n) is 4.43. The maximum absolute atomic E-state index is 12.1. The molecule has 7 nitrogen and oxygen atoms in total. The SMILES string of the molecule is COc1ccc(C(=O)N2CCC(C(N)=O)CC2)nn1. The normalized spacial score (nSPS) is 16.2. The van der Waals surface area contributed by atoms with Crippen LogP contribution in [0.25, 0.3) is 0 Å². The quantitative estimate of drug-likeness (QED) is 0.816. The molecule has 1 saturated heterocycles. The molecular formula is C12H16N4O3. The number of ether oxygens (including phenoxy) is 1. The summed E-state index contributed by atoms with van der Waals surface area (Å²) in [5.74, 6) is -0.246. The van der Waals surface area contributed by atoms with Crippen molar-refractivity contribution >= 4 is 11.8 Å². The first-order valence-electron chi connectivity index (χ1n) is 6.08. The molecule has 7 heteroatoms. The van der Waals surface area contributed by atoms with Crippen molar-refractivity contribution in [2.75, 3.05) is 20.2 Å². The van der Waals surface area contributed by atoms with Gasteiger partial charge >= 0.3 is 0 Å². The molecule has 2 rings (SSSR count). The molecule has 0 spiro atoms. The molecule has 0 atom stereocenters. The summed E-state index contributed by atoms with van der Waals surface area (Å²) in [6, 6.07) is 3.17. The summed E-state index contributed by atoms with van der Waals surface area (Å²) in [6.07, 6.45) is 1.20. The Morgan fingerprint density at radius 1 is 1.32 bits per heavy atom. The molecule has 1 aromatic heterocycles. The third kappa shape index (κ3) is 2.98. The van der Waals surface area contributed by atoms with Gasteiger partial charge in [0.05, 0.1) is 7.11 Å². The molecule has 0 aromatic carbocycles. The maximum Gasteiger partial charge on any atom is 0.274 e. The number of piperidine rings is 1. The van der Waals surface area contributed by atoms with Crippen LogP contribution < -0.4 is 10.5 Å². The van der Waals surface area contributed by atoms with Gasteiger partial charge in [-0.1, -0.05) is 0 Å². The van der Waals surface area contributed by atoms with E-state index in [2.05, 4.69) is 10.2 Å². The zero-order valence-corrected chi connectivity index (χ0v) is 10.7. The number of methoxy groups -OCH3 is 1. The molecule has 19 heavy (non-hydrogen) atoms. The Bertz CT molecular complexity index is 466. The molecule has 0 aliphatic carbocycles. The van der Waals surface area contributed by atoms with Gasteiger partial charge in [0, 0.05) is 25.1 Å². The van der Waals surface area contributed by atoms with Crippen LogP contribution in [0.5, 0.6) is 5.88 Å². The van der Waals surface area contributed by atoms with Crippen molar-refractivity contribution in [2.45, 2.75) is 12.8 Å². The summed E-state index contributed by atoms with van der Waals surface area (Å²) in [7, 11) is 1.49. The van der Waals surface area contributed by atoms with Crippen molar-refractivity contribution in [1.29, 1.82) is 0 Å². The smallest absolute Gasteiger partial charge is 0.274 e. The van der Waals surface area contributed by atoms with E-state index in [4.69, 9.17) is 10.5 Å². The average Bonchev–Trinajstić information content (AvgIpc) is 2.46. The van der Waals surface area contributed by atoms with Crippen LogP contribution in [0.3, 0.4) is 0 Å². The molecule has 1 aliphatic rings. The minimum atomic E-state index is -0.295. The Hall–Kier alpha value is -2.18. The van der Waals surface area contributed by atoms with Crippen LogP contribution in [-0.2, 0) is 4.79 Å². The van der Waals surface area contributed by atoms with Crippen molar-refractivity contribution in [3.63, 3.8) is 0 Å². The van der Waals surface area contributed by atoms with E-state index in [1.54, 1.807) is 17.0 Å². The van der Waals surface area contributed by atoms with E-state index in [-0.39, 0.29) is 23.4 Å². The number of hydrogen-bond donors (Lipinski definition) is 1. The molecule has 0 radical (unpaired) electrons. The first-order valence-corrected chi connectivity index (χ1v) is 6.08. The highest BCUT2D eigenvalue weighted by atomic mass is 16.5. The Labute approximate surface area is 110 Å². The monoisotopic (exact) mass is 264 g/mol. The summed E-state index contributed by atoms with van der Waals surface area (Å²) >= 11 is 0. The minimum absolute atomic E-state index is 0.133. The number of rotatable bonds is 3. The van der Waals surface area contributed by atoms with Gasteiger partial charge in [-0.3, -0.25) is 9.59 Å². The number of carbonyl (C=O) groups is 2. The first kappa shape index (κ1) is 13.3. The fraction of sp³-hybridized carbons (Fsp3) is 0.500. The number of primary amides is 1. The lowest BCUT2D eigenvalue weighted by atomic mass is 9.96. The molecular weight excluding hydrogens is 248 g/mol. The van der Waals surface area contributed by atoms with Gasteiger partial charge in [-0.25, -0.2) is 0 Å². The van der Waals surface area contributed by atoms with Crippen molar-refractivity contribution in [3.8, 4) is 5.88 Å². The molecule has 0 unspecified atom stereocenters. The molecule has 102 valence electrons. The highest BCUT2D eigenvalue weighted by molar-refractivity contribution is 5.92. The fourth-order valence-electron chi connectivity index (χ4n) is 2.07. The zero-order chi connectivity index (χ0) is 13.8. The van der Waals surface area contributed by atoms with Crippen LogP contribution in [0.15, 0.2) is 12.1 Å². The van der Waals surface area contributed by atoms with Gasteiger partial charge in [-0.05, 0) is 18.9 Å². The summed E-state index contributed by atoms with van der Waals surface area (Å²) in [6.45, 7) is 1.03. The van der Waals surface area contributed by atoms with Gasteiger partial charge in [0.15, 0.2) is 5.69 Å². The number of nitrogens with zero attached hydrogens (tertiary/aromatic N) is 3. The lowest BCUT2D eigenvalue weighted by molar-refractivity contribution is -0.123. The van der Waals surface area contributed by atoms with Crippen LogP contribution in [-0.4, -0.2) is 47.1 Å². The van der Waals surface area contributed by atoms with E-state index in [1.165, 1.54) is 7.11 Å². The number of nitrogens with two attached hydrogens (primary N) is 1. The van der Waals surface area contributed by atoms with E-state index in [0.717, 1.165) is 0 Å². The summed E-state index contributed by atoms with van der Waals surface area (Å²) in [5.41, 5.74) is 5.53. The molecule has 1 aromatic rings. The van der Waals surface area contributed by atoms with Crippen LogP contribution in [0.1, 0.15) is 23.3 Å². The topological polar surface area (TPSA) is 98.4 Å². The van der Waals surface area contributed by atoms with E-state index in [0.29, 0.717) is 31.8 Å². The number of carbonyl (C=O) groups excluding carboxylic acids is 2. The maximum atomic E-state index is 12.1. The first-order chi connectivity index (χ1) is 9.11. The number of amides is 2.